The van der Waals surface area contributed by atoms with E-state index in [4.69, 9.17) is 5.11 Å². The summed E-state index contributed by atoms with van der Waals surface area (Å²) in [6.45, 7) is 5.93. The highest BCUT2D eigenvalue weighted by Gasteiger charge is 2.10. The molecule has 2 N–H and O–H groups in total. The molecule has 3 heteroatoms. The van der Waals surface area contributed by atoms with Crippen molar-refractivity contribution >= 4 is 5.91 Å². The summed E-state index contributed by atoms with van der Waals surface area (Å²) in [7, 11) is 0. The van der Waals surface area contributed by atoms with Gasteiger partial charge in [0.15, 0.2) is 0 Å². The summed E-state index contributed by atoms with van der Waals surface area (Å²) in [6, 6.07) is 5.62. The minimum Gasteiger partial charge on any atom is -0.384 e. The van der Waals surface area contributed by atoms with Gasteiger partial charge in [0.2, 0.25) is 0 Å². The van der Waals surface area contributed by atoms with Gasteiger partial charge in [-0.2, -0.15) is 0 Å². The number of aryl methyl sites for hydroxylation is 1. The maximum absolute atomic E-state index is 12.1. The fourth-order valence-corrected chi connectivity index (χ4v) is 1.97. The van der Waals surface area contributed by atoms with Crippen molar-refractivity contribution < 1.29 is 9.90 Å². The molecule has 20 heavy (non-hydrogen) atoms. The summed E-state index contributed by atoms with van der Waals surface area (Å²) in [5.41, 5.74) is 2.44. The first-order valence-corrected chi connectivity index (χ1v) is 7.09. The number of unbranched alkanes of at least 4 members (excludes halogenated alkanes) is 1. The Hall–Kier alpha value is -1.79. The number of carbonyl (C=O) groups excluding carboxylic acids is 1. The molecule has 0 saturated carbocycles. The minimum atomic E-state index is -0.156. The van der Waals surface area contributed by atoms with Crippen molar-refractivity contribution in [3.63, 3.8) is 0 Å². The van der Waals surface area contributed by atoms with E-state index in [1.807, 2.05) is 26.0 Å². The van der Waals surface area contributed by atoms with Crippen molar-refractivity contribution in [2.75, 3.05) is 6.61 Å². The predicted molar refractivity (Wildman–Crippen MR) is 81.6 cm³/mol. The van der Waals surface area contributed by atoms with Gasteiger partial charge in [0.05, 0.1) is 0 Å². The van der Waals surface area contributed by atoms with Crippen molar-refractivity contribution in [3.05, 3.63) is 34.9 Å². The van der Waals surface area contributed by atoms with Crippen molar-refractivity contribution in [1.29, 1.82) is 0 Å². The number of amides is 1. The second kappa shape index (κ2) is 8.39. The van der Waals surface area contributed by atoms with E-state index < -0.39 is 0 Å². The molecule has 1 amide bonds. The highest BCUT2D eigenvalue weighted by molar-refractivity contribution is 5.94. The zero-order chi connectivity index (χ0) is 15.0. The third-order valence-corrected chi connectivity index (χ3v) is 3.16. The molecule has 0 spiro atoms. The van der Waals surface area contributed by atoms with Crippen LogP contribution in [0.4, 0.5) is 0 Å². The molecule has 1 atom stereocenters. The van der Waals surface area contributed by atoms with Crippen LogP contribution in [0.25, 0.3) is 0 Å². The minimum absolute atomic E-state index is 0.0432. The smallest absolute Gasteiger partial charge is 0.251 e. The maximum Gasteiger partial charge on any atom is 0.251 e. The van der Waals surface area contributed by atoms with Crippen molar-refractivity contribution in [2.45, 2.75) is 46.1 Å². The molecule has 0 bridgehead atoms. The number of hydrogen-bond acceptors (Lipinski definition) is 2. The first kappa shape index (κ1) is 16.3. The molecular formula is C17H23NO2. The van der Waals surface area contributed by atoms with Gasteiger partial charge in [0.25, 0.3) is 5.91 Å². The van der Waals surface area contributed by atoms with E-state index in [2.05, 4.69) is 24.1 Å². The standard InChI is InChI=1S/C17H23NO2/c1-4-5-7-14(3)18-17(20)16-10-9-15(8-6-11-19)13(2)12-16/h9-10,12,14,19H,4-5,7,11H2,1-3H3,(H,18,20). The molecule has 108 valence electrons. The van der Waals surface area contributed by atoms with E-state index in [1.54, 1.807) is 6.07 Å². The van der Waals surface area contributed by atoms with Gasteiger partial charge in [0.1, 0.15) is 6.61 Å². The van der Waals surface area contributed by atoms with Gasteiger partial charge in [-0.05, 0) is 44.0 Å². The number of hydrogen-bond donors (Lipinski definition) is 2. The topological polar surface area (TPSA) is 49.3 Å². The Morgan fingerprint density at radius 1 is 1.45 bits per heavy atom. The molecule has 3 nitrogen and oxygen atoms in total. The third kappa shape index (κ3) is 5.07. The largest absolute Gasteiger partial charge is 0.384 e. The molecule has 1 rings (SSSR count). The monoisotopic (exact) mass is 273 g/mol. The van der Waals surface area contributed by atoms with Crippen molar-refractivity contribution in [2.24, 2.45) is 0 Å². The molecule has 1 unspecified atom stereocenters. The SMILES string of the molecule is CCCCC(C)NC(=O)c1ccc(C#CCO)c(C)c1. The van der Waals surface area contributed by atoms with Crippen molar-refractivity contribution in [1.82, 2.24) is 5.32 Å². The molecular weight excluding hydrogens is 250 g/mol. The summed E-state index contributed by atoms with van der Waals surface area (Å²) in [6.07, 6.45) is 3.26. The first-order valence-electron chi connectivity index (χ1n) is 7.09. The average Bonchev–Trinajstić information content (AvgIpc) is 2.43. The van der Waals surface area contributed by atoms with Crippen LogP contribution in [0.5, 0.6) is 0 Å². The summed E-state index contributed by atoms with van der Waals surface area (Å²) in [5.74, 6) is 5.44. The number of aliphatic hydroxyl groups excluding tert-OH is 1. The van der Waals surface area contributed by atoms with Crippen LogP contribution in [0.1, 0.15) is 54.6 Å². The highest BCUT2D eigenvalue weighted by Crippen LogP contribution is 2.11. The number of benzene rings is 1. The molecule has 0 saturated heterocycles. The van der Waals surface area contributed by atoms with Crippen LogP contribution < -0.4 is 5.32 Å². The van der Waals surface area contributed by atoms with E-state index in [1.165, 1.54) is 0 Å². The second-order valence-electron chi connectivity index (χ2n) is 5.01. The van der Waals surface area contributed by atoms with Gasteiger partial charge in [-0.3, -0.25) is 4.79 Å². The third-order valence-electron chi connectivity index (χ3n) is 3.16. The van der Waals surface area contributed by atoms with Crippen LogP contribution in [0.2, 0.25) is 0 Å². The quantitative estimate of drug-likeness (QED) is 0.810. The van der Waals surface area contributed by atoms with Crippen LogP contribution in [-0.2, 0) is 0 Å². The lowest BCUT2D eigenvalue weighted by Gasteiger charge is -2.13. The average molecular weight is 273 g/mol. The Labute approximate surface area is 121 Å². The lowest BCUT2D eigenvalue weighted by atomic mass is 10.0. The predicted octanol–water partition coefficient (Wildman–Crippen LogP) is 2.65. The van der Waals surface area contributed by atoms with Crippen LogP contribution >= 0.6 is 0 Å². The summed E-state index contributed by atoms with van der Waals surface area (Å²) in [5, 5.41) is 11.7. The first-order chi connectivity index (χ1) is 9.58. The Balaban J connectivity index is 2.72. The lowest BCUT2D eigenvalue weighted by Crippen LogP contribution is -2.32. The van der Waals surface area contributed by atoms with Crippen LogP contribution in [-0.4, -0.2) is 23.7 Å². The summed E-state index contributed by atoms with van der Waals surface area (Å²) in [4.78, 5) is 12.1. The van der Waals surface area contributed by atoms with Crippen LogP contribution in [0, 0.1) is 18.8 Å². The van der Waals surface area contributed by atoms with Gasteiger partial charge in [-0.15, -0.1) is 0 Å². The van der Waals surface area contributed by atoms with E-state index in [-0.39, 0.29) is 18.6 Å². The molecule has 1 aromatic rings. The molecule has 0 aliphatic rings. The van der Waals surface area contributed by atoms with E-state index in [0.29, 0.717) is 5.56 Å². The van der Waals surface area contributed by atoms with E-state index in [0.717, 1.165) is 30.4 Å². The fraction of sp³-hybridized carbons (Fsp3) is 0.471. The summed E-state index contributed by atoms with van der Waals surface area (Å²) >= 11 is 0. The molecule has 0 fully saturated rings. The maximum atomic E-state index is 12.1. The van der Waals surface area contributed by atoms with Crippen LogP contribution in [0.3, 0.4) is 0 Å². The number of carbonyl (C=O) groups is 1. The lowest BCUT2D eigenvalue weighted by molar-refractivity contribution is 0.0938. The molecule has 0 aliphatic carbocycles. The van der Waals surface area contributed by atoms with E-state index >= 15 is 0 Å². The van der Waals surface area contributed by atoms with Crippen molar-refractivity contribution in [3.8, 4) is 11.8 Å². The zero-order valence-corrected chi connectivity index (χ0v) is 12.5. The molecule has 0 aromatic heterocycles. The Bertz CT molecular complexity index is 511. The van der Waals surface area contributed by atoms with E-state index in [9.17, 15) is 4.79 Å². The molecule has 0 radical (unpaired) electrons. The Morgan fingerprint density at radius 3 is 2.80 bits per heavy atom. The van der Waals surface area contributed by atoms with Crippen LogP contribution in [0.15, 0.2) is 18.2 Å². The van der Waals surface area contributed by atoms with Gasteiger partial charge < -0.3 is 10.4 Å². The number of nitrogens with one attached hydrogen (secondary N) is 1. The van der Waals surface area contributed by atoms with Gasteiger partial charge in [0, 0.05) is 17.2 Å². The number of aliphatic hydroxyl groups is 1. The molecule has 0 heterocycles. The summed E-state index contributed by atoms with van der Waals surface area (Å²) < 4.78 is 0. The number of rotatable bonds is 5. The van der Waals surface area contributed by atoms with Gasteiger partial charge in [-0.1, -0.05) is 31.6 Å². The van der Waals surface area contributed by atoms with Gasteiger partial charge >= 0.3 is 0 Å². The zero-order valence-electron chi connectivity index (χ0n) is 12.5. The van der Waals surface area contributed by atoms with Gasteiger partial charge in [-0.25, -0.2) is 0 Å². The highest BCUT2D eigenvalue weighted by atomic mass is 16.2. The Morgan fingerprint density at radius 2 is 2.20 bits per heavy atom. The normalized spacial score (nSPS) is 11.4. The molecule has 1 aromatic carbocycles. The molecule has 0 aliphatic heterocycles. The fourth-order valence-electron chi connectivity index (χ4n) is 1.97. The second-order valence-corrected chi connectivity index (χ2v) is 5.01. The Kier molecular flexibility index (Phi) is 6.83.